The van der Waals surface area contributed by atoms with Gasteiger partial charge < -0.3 is 10.4 Å². The van der Waals surface area contributed by atoms with Crippen LogP contribution in [0.15, 0.2) is 24.3 Å². The third-order valence-electron chi connectivity index (χ3n) is 9.31. The van der Waals surface area contributed by atoms with Gasteiger partial charge in [0, 0.05) is 6.42 Å². The van der Waals surface area contributed by atoms with E-state index in [0.717, 1.165) is 25.7 Å². The number of nitrogens with one attached hydrogen (secondary N) is 1. The van der Waals surface area contributed by atoms with Gasteiger partial charge in [-0.25, -0.2) is 0 Å². The van der Waals surface area contributed by atoms with Crippen molar-refractivity contribution in [2.45, 2.75) is 232 Å². The van der Waals surface area contributed by atoms with Crippen molar-refractivity contribution in [3.05, 3.63) is 24.3 Å². The Morgan fingerprint density at radius 2 is 0.778 bits per heavy atom. The van der Waals surface area contributed by atoms with Crippen molar-refractivity contribution in [2.75, 3.05) is 6.61 Å². The molecule has 0 aliphatic rings. The summed E-state index contributed by atoms with van der Waals surface area (Å²) < 4.78 is 0. The van der Waals surface area contributed by atoms with Gasteiger partial charge in [0.2, 0.25) is 5.91 Å². The van der Waals surface area contributed by atoms with E-state index in [1.54, 1.807) is 0 Å². The molecule has 45 heavy (non-hydrogen) atoms. The molecule has 0 aromatic rings. The first-order valence-electron chi connectivity index (χ1n) is 20.4. The predicted molar refractivity (Wildman–Crippen MR) is 201 cm³/mol. The van der Waals surface area contributed by atoms with Gasteiger partial charge in [-0.05, 0) is 51.4 Å². The normalized spacial score (nSPS) is 12.5. The first-order valence-corrected chi connectivity index (χ1v) is 20.4. The maximum absolute atomic E-state index is 12.3. The largest absolute Gasteiger partial charge is 0.394 e. The Morgan fingerprint density at radius 1 is 0.467 bits per heavy atom. The molecule has 0 heterocycles. The number of hydrogen-bond donors (Lipinski definition) is 2. The lowest BCUT2D eigenvalue weighted by molar-refractivity contribution is -0.122. The molecule has 1 amide bonds. The smallest absolute Gasteiger partial charge is 0.220 e. The molecule has 0 radical (unpaired) electrons. The summed E-state index contributed by atoms with van der Waals surface area (Å²) >= 11 is 0. The van der Waals surface area contributed by atoms with Crippen LogP contribution in [0.25, 0.3) is 0 Å². The van der Waals surface area contributed by atoms with Gasteiger partial charge in [-0.3, -0.25) is 4.79 Å². The lowest BCUT2D eigenvalue weighted by Crippen LogP contribution is -2.36. The zero-order chi connectivity index (χ0) is 32.7. The average molecular weight is 632 g/mol. The maximum atomic E-state index is 12.3. The summed E-state index contributed by atoms with van der Waals surface area (Å²) in [6, 6.07) is -0.141. The van der Waals surface area contributed by atoms with Crippen LogP contribution >= 0.6 is 0 Å². The van der Waals surface area contributed by atoms with Crippen LogP contribution in [-0.4, -0.2) is 23.7 Å². The van der Waals surface area contributed by atoms with Crippen LogP contribution in [0.4, 0.5) is 0 Å². The summed E-state index contributed by atoms with van der Waals surface area (Å²) in [4.78, 5) is 12.3. The van der Waals surface area contributed by atoms with Crippen LogP contribution in [0, 0.1) is 0 Å². The van der Waals surface area contributed by atoms with Crippen molar-refractivity contribution in [1.82, 2.24) is 5.32 Å². The molecule has 0 aromatic carbocycles. The van der Waals surface area contributed by atoms with E-state index in [0.29, 0.717) is 6.42 Å². The number of aliphatic hydroxyl groups excluding tert-OH is 1. The Bertz CT molecular complexity index is 628. The highest BCUT2D eigenvalue weighted by Gasteiger charge is 2.09. The number of amides is 1. The topological polar surface area (TPSA) is 49.3 Å². The van der Waals surface area contributed by atoms with Gasteiger partial charge in [0.1, 0.15) is 0 Å². The van der Waals surface area contributed by atoms with Crippen LogP contribution in [0.2, 0.25) is 0 Å². The molecule has 3 heteroatoms. The molecule has 0 saturated carbocycles. The fourth-order valence-corrected chi connectivity index (χ4v) is 6.20. The molecule has 2 N–H and O–H groups in total. The maximum Gasteiger partial charge on any atom is 0.220 e. The molecule has 1 atom stereocenters. The quantitative estimate of drug-likeness (QED) is 0.0529. The molecule has 0 aromatic heterocycles. The van der Waals surface area contributed by atoms with Crippen molar-refractivity contribution in [1.29, 1.82) is 0 Å². The number of aliphatic hydroxyl groups is 1. The molecule has 266 valence electrons. The van der Waals surface area contributed by atoms with Gasteiger partial charge in [-0.1, -0.05) is 192 Å². The number of allylic oxidation sites excluding steroid dienone is 3. The SMILES string of the molecule is CCCCCCCC/C=C\CCCCCCCCCCCCCC(=O)N[C@@H](CO)C/C=C/CCCCCCCCCCCCC. The highest BCUT2D eigenvalue weighted by molar-refractivity contribution is 5.76. The second-order valence-corrected chi connectivity index (χ2v) is 13.9. The van der Waals surface area contributed by atoms with Gasteiger partial charge in [-0.2, -0.15) is 0 Å². The van der Waals surface area contributed by atoms with Crippen LogP contribution in [-0.2, 0) is 4.79 Å². The molecular formula is C42H81NO2. The fourth-order valence-electron chi connectivity index (χ4n) is 6.20. The summed E-state index contributed by atoms with van der Waals surface area (Å²) in [5.41, 5.74) is 0. The van der Waals surface area contributed by atoms with Gasteiger partial charge in [-0.15, -0.1) is 0 Å². The van der Waals surface area contributed by atoms with Crippen molar-refractivity contribution < 1.29 is 9.90 Å². The fraction of sp³-hybridized carbons (Fsp3) is 0.881. The first kappa shape index (κ1) is 43.9. The first-order chi connectivity index (χ1) is 22.2. The highest BCUT2D eigenvalue weighted by Crippen LogP contribution is 2.14. The van der Waals surface area contributed by atoms with Crippen LogP contribution in [0.3, 0.4) is 0 Å². The lowest BCUT2D eigenvalue weighted by atomic mass is 10.0. The van der Waals surface area contributed by atoms with Crippen LogP contribution in [0.5, 0.6) is 0 Å². The van der Waals surface area contributed by atoms with Crippen molar-refractivity contribution >= 4 is 5.91 Å². The van der Waals surface area contributed by atoms with Gasteiger partial charge >= 0.3 is 0 Å². The van der Waals surface area contributed by atoms with Gasteiger partial charge in [0.25, 0.3) is 0 Å². The summed E-state index contributed by atoms with van der Waals surface area (Å²) in [5, 5.41) is 12.7. The predicted octanol–water partition coefficient (Wildman–Crippen LogP) is 13.5. The Kier molecular flexibility index (Phi) is 38.1. The van der Waals surface area contributed by atoms with E-state index in [1.165, 1.54) is 180 Å². The summed E-state index contributed by atoms with van der Waals surface area (Å²) in [7, 11) is 0. The Hall–Kier alpha value is -1.09. The van der Waals surface area contributed by atoms with Crippen molar-refractivity contribution in [2.24, 2.45) is 0 Å². The zero-order valence-corrected chi connectivity index (χ0v) is 30.8. The summed E-state index contributed by atoms with van der Waals surface area (Å²) in [6.07, 6.45) is 51.9. The molecule has 0 bridgehead atoms. The average Bonchev–Trinajstić information content (AvgIpc) is 3.05. The van der Waals surface area contributed by atoms with Crippen LogP contribution < -0.4 is 5.32 Å². The Morgan fingerprint density at radius 3 is 1.13 bits per heavy atom. The standard InChI is InChI=1S/C42H81NO2/c1-3-5-7-9-11-13-15-17-19-20-21-22-23-24-25-27-29-31-33-35-37-39-42(45)43-41(40-44)38-36-34-32-30-28-26-18-16-14-12-10-8-6-4-2/h17,19,34,36,41,44H,3-16,18,20-33,35,37-40H2,1-2H3,(H,43,45)/b19-17-,36-34+/t41-/m1/s1. The minimum atomic E-state index is -0.141. The summed E-state index contributed by atoms with van der Waals surface area (Å²) in [6.45, 7) is 4.58. The zero-order valence-electron chi connectivity index (χ0n) is 30.8. The third-order valence-corrected chi connectivity index (χ3v) is 9.31. The number of hydrogen-bond acceptors (Lipinski definition) is 2. The molecule has 3 nitrogen and oxygen atoms in total. The number of carbonyl (C=O) groups is 1. The third kappa shape index (κ3) is 37.2. The van der Waals surface area contributed by atoms with Gasteiger partial charge in [0.15, 0.2) is 0 Å². The van der Waals surface area contributed by atoms with E-state index in [1.807, 2.05) is 0 Å². The monoisotopic (exact) mass is 632 g/mol. The van der Waals surface area contributed by atoms with Gasteiger partial charge in [0.05, 0.1) is 12.6 Å². The van der Waals surface area contributed by atoms with E-state index < -0.39 is 0 Å². The number of carbonyl (C=O) groups excluding carboxylic acids is 1. The van der Waals surface area contributed by atoms with E-state index in [-0.39, 0.29) is 18.6 Å². The molecule has 0 rings (SSSR count). The minimum Gasteiger partial charge on any atom is -0.394 e. The Labute approximate surface area is 283 Å². The molecule has 0 fully saturated rings. The van der Waals surface area contributed by atoms with Crippen LogP contribution in [0.1, 0.15) is 226 Å². The molecule has 0 spiro atoms. The molecule has 0 aliphatic carbocycles. The molecule has 0 saturated heterocycles. The summed E-state index contributed by atoms with van der Waals surface area (Å²) in [5.74, 6) is 0.0982. The van der Waals surface area contributed by atoms with Crippen molar-refractivity contribution in [3.63, 3.8) is 0 Å². The van der Waals surface area contributed by atoms with E-state index in [4.69, 9.17) is 0 Å². The number of unbranched alkanes of at least 4 members (excludes halogenated alkanes) is 28. The van der Waals surface area contributed by atoms with Crippen molar-refractivity contribution in [3.8, 4) is 0 Å². The minimum absolute atomic E-state index is 0.0187. The second-order valence-electron chi connectivity index (χ2n) is 13.9. The molecular weight excluding hydrogens is 550 g/mol. The van der Waals surface area contributed by atoms with E-state index in [2.05, 4.69) is 43.5 Å². The molecule has 0 aliphatic heterocycles. The lowest BCUT2D eigenvalue weighted by Gasteiger charge is -2.14. The van der Waals surface area contributed by atoms with E-state index >= 15 is 0 Å². The van der Waals surface area contributed by atoms with E-state index in [9.17, 15) is 9.90 Å². The highest BCUT2D eigenvalue weighted by atomic mass is 16.3. The second kappa shape index (κ2) is 39.1. The molecule has 0 unspecified atom stereocenters. The number of rotatable bonds is 37. The Balaban J connectivity index is 3.44.